The molecule has 186 valence electrons. The number of rotatable bonds is 15. The largest absolute Gasteiger partial charge is 0.395 e. The Morgan fingerprint density at radius 2 is 1.50 bits per heavy atom. The van der Waals surface area contributed by atoms with Crippen LogP contribution in [0, 0.1) is 0 Å². The van der Waals surface area contributed by atoms with E-state index in [4.69, 9.17) is 5.11 Å². The Balaban J connectivity index is 2.56. The molecule has 1 heterocycles. The van der Waals surface area contributed by atoms with Gasteiger partial charge in [-0.1, -0.05) is 13.8 Å². The zero-order chi connectivity index (χ0) is 23.9. The average Bonchev–Trinajstić information content (AvgIpc) is 2.77. The third-order valence-corrected chi connectivity index (χ3v) is 5.84. The Morgan fingerprint density at radius 3 is 2.00 bits per heavy atom. The average molecular weight is 456 g/mol. The maximum atomic E-state index is 13.1. The first-order valence-electron chi connectivity index (χ1n) is 12.2. The van der Waals surface area contributed by atoms with Gasteiger partial charge < -0.3 is 25.1 Å². The van der Waals surface area contributed by atoms with Crippen molar-refractivity contribution >= 4 is 17.7 Å². The lowest BCUT2D eigenvalue weighted by molar-refractivity contribution is -0.137. The van der Waals surface area contributed by atoms with Crippen molar-refractivity contribution in [2.24, 2.45) is 0 Å². The number of nitrogens with zero attached hydrogens (tertiary/aromatic N) is 4. The third-order valence-electron chi connectivity index (χ3n) is 5.84. The number of β-amino-alcohol motifs (C(OH)–C–C–N with tert-alkyl or cyclic N) is 1. The predicted molar refractivity (Wildman–Crippen MR) is 126 cm³/mol. The highest BCUT2D eigenvalue weighted by molar-refractivity contribution is 5.88. The van der Waals surface area contributed by atoms with E-state index in [-0.39, 0.29) is 30.7 Å². The van der Waals surface area contributed by atoms with Gasteiger partial charge in [-0.2, -0.15) is 0 Å². The van der Waals surface area contributed by atoms with Crippen LogP contribution in [0.15, 0.2) is 0 Å². The summed E-state index contributed by atoms with van der Waals surface area (Å²) < 4.78 is 0. The molecule has 1 rings (SSSR count). The summed E-state index contributed by atoms with van der Waals surface area (Å²) in [6, 6.07) is -0.661. The fourth-order valence-corrected chi connectivity index (χ4v) is 3.95. The van der Waals surface area contributed by atoms with E-state index < -0.39 is 6.04 Å². The lowest BCUT2D eigenvalue weighted by Gasteiger charge is -2.34. The number of amides is 3. The van der Waals surface area contributed by atoms with Crippen molar-refractivity contribution in [3.8, 4) is 0 Å². The van der Waals surface area contributed by atoms with Gasteiger partial charge in [-0.05, 0) is 32.2 Å². The Bertz CT molecular complexity index is 559. The van der Waals surface area contributed by atoms with Crippen LogP contribution in [0.3, 0.4) is 0 Å². The molecule has 0 aromatic rings. The van der Waals surface area contributed by atoms with Crippen molar-refractivity contribution in [1.29, 1.82) is 0 Å². The van der Waals surface area contributed by atoms with Crippen LogP contribution in [0.2, 0.25) is 0 Å². The molecule has 3 amide bonds. The van der Waals surface area contributed by atoms with Crippen LogP contribution in [-0.2, 0) is 14.4 Å². The topological polar surface area (TPSA) is 96.4 Å². The molecule has 1 fully saturated rings. The molecule has 1 aliphatic heterocycles. The van der Waals surface area contributed by atoms with E-state index in [1.807, 2.05) is 13.8 Å². The fraction of sp³-hybridized carbons (Fsp3) is 0.870. The molecule has 0 aromatic carbocycles. The van der Waals surface area contributed by atoms with Crippen molar-refractivity contribution < 1.29 is 19.5 Å². The van der Waals surface area contributed by atoms with E-state index in [1.54, 1.807) is 19.0 Å². The van der Waals surface area contributed by atoms with Crippen molar-refractivity contribution in [2.45, 2.75) is 58.4 Å². The van der Waals surface area contributed by atoms with Crippen LogP contribution in [0.4, 0.5) is 0 Å². The van der Waals surface area contributed by atoms with E-state index in [0.29, 0.717) is 25.9 Å². The van der Waals surface area contributed by atoms with Gasteiger partial charge in [-0.3, -0.25) is 19.3 Å². The normalized spacial score (nSPS) is 15.9. The maximum Gasteiger partial charge on any atom is 0.245 e. The molecule has 0 bridgehead atoms. The van der Waals surface area contributed by atoms with E-state index in [2.05, 4.69) is 15.1 Å². The number of carbonyl (C=O) groups excluding carboxylic acids is 3. The van der Waals surface area contributed by atoms with Gasteiger partial charge in [0.1, 0.15) is 6.04 Å². The van der Waals surface area contributed by atoms with Crippen LogP contribution in [0.5, 0.6) is 0 Å². The number of carbonyl (C=O) groups is 3. The van der Waals surface area contributed by atoms with Gasteiger partial charge in [-0.25, -0.2) is 0 Å². The summed E-state index contributed by atoms with van der Waals surface area (Å²) in [5.74, 6) is -0.268. The summed E-state index contributed by atoms with van der Waals surface area (Å²) in [4.78, 5) is 45.7. The minimum Gasteiger partial charge on any atom is -0.395 e. The van der Waals surface area contributed by atoms with Gasteiger partial charge in [-0.15, -0.1) is 0 Å². The molecule has 2 N–H and O–H groups in total. The molecule has 9 nitrogen and oxygen atoms in total. The van der Waals surface area contributed by atoms with Crippen LogP contribution >= 0.6 is 0 Å². The molecule has 1 saturated heterocycles. The summed E-state index contributed by atoms with van der Waals surface area (Å²) in [7, 11) is 3.39. The van der Waals surface area contributed by atoms with Crippen molar-refractivity contribution in [3.63, 3.8) is 0 Å². The van der Waals surface area contributed by atoms with Crippen molar-refractivity contribution in [2.75, 3.05) is 73.1 Å². The van der Waals surface area contributed by atoms with Gasteiger partial charge >= 0.3 is 0 Å². The molecule has 0 radical (unpaired) electrons. The highest BCUT2D eigenvalue weighted by atomic mass is 16.3. The molecule has 32 heavy (non-hydrogen) atoms. The number of aliphatic hydroxyl groups is 1. The fourth-order valence-electron chi connectivity index (χ4n) is 3.95. The quantitative estimate of drug-likeness (QED) is 0.371. The molecule has 1 atom stereocenters. The number of piperazine rings is 1. The first-order chi connectivity index (χ1) is 15.3. The minimum absolute atomic E-state index is 0.0464. The zero-order valence-corrected chi connectivity index (χ0v) is 20.6. The first kappa shape index (κ1) is 28.3. The monoisotopic (exact) mass is 455 g/mol. The highest BCUT2D eigenvalue weighted by Crippen LogP contribution is 2.08. The van der Waals surface area contributed by atoms with Gasteiger partial charge in [0.15, 0.2) is 0 Å². The summed E-state index contributed by atoms with van der Waals surface area (Å²) in [6.45, 7) is 10.9. The van der Waals surface area contributed by atoms with Crippen molar-refractivity contribution in [1.82, 2.24) is 24.9 Å². The van der Waals surface area contributed by atoms with Gasteiger partial charge in [0.25, 0.3) is 0 Å². The third kappa shape index (κ3) is 10.7. The van der Waals surface area contributed by atoms with Crippen molar-refractivity contribution in [3.05, 3.63) is 0 Å². The molecule has 0 aromatic heterocycles. The molecular weight excluding hydrogens is 410 g/mol. The second-order valence-corrected chi connectivity index (χ2v) is 8.78. The Morgan fingerprint density at radius 1 is 0.938 bits per heavy atom. The number of aliphatic hydroxyl groups excluding tert-OH is 1. The number of nitrogens with one attached hydrogen (secondary N) is 1. The Hall–Kier alpha value is -1.71. The lowest BCUT2D eigenvalue weighted by Crippen LogP contribution is -2.49. The highest BCUT2D eigenvalue weighted by Gasteiger charge is 2.26. The molecule has 1 aliphatic rings. The SMILES string of the molecule is CCCN(CCC)C(=O)C(CCC(=O)N(C)C)NC(=O)CCCN1CCN(CCO)CC1. The Labute approximate surface area is 194 Å². The second-order valence-electron chi connectivity index (χ2n) is 8.78. The van der Waals surface area contributed by atoms with Crippen LogP contribution in [0.1, 0.15) is 52.4 Å². The molecule has 0 spiro atoms. The zero-order valence-electron chi connectivity index (χ0n) is 20.6. The van der Waals surface area contributed by atoms with Gasteiger partial charge in [0, 0.05) is 72.8 Å². The molecule has 0 aliphatic carbocycles. The molecule has 9 heteroatoms. The van der Waals surface area contributed by atoms with Gasteiger partial charge in [0.2, 0.25) is 17.7 Å². The predicted octanol–water partition coefficient (Wildman–Crippen LogP) is 0.378. The summed E-state index contributed by atoms with van der Waals surface area (Å²) in [5, 5.41) is 12.0. The summed E-state index contributed by atoms with van der Waals surface area (Å²) in [5.41, 5.74) is 0. The molecule has 0 saturated carbocycles. The molecular formula is C23H45N5O4. The summed E-state index contributed by atoms with van der Waals surface area (Å²) in [6.07, 6.45) is 3.36. The van der Waals surface area contributed by atoms with E-state index in [0.717, 1.165) is 58.5 Å². The number of hydrogen-bond acceptors (Lipinski definition) is 6. The standard InChI is InChI=1S/C23H45N5O4/c1-5-11-28(12-6-2)23(32)20(9-10-22(31)25(3)4)24-21(30)8-7-13-26-14-16-27(17-15-26)18-19-29/h20,29H,5-19H2,1-4H3,(H,24,30). The van der Waals surface area contributed by atoms with Crippen LogP contribution < -0.4 is 5.32 Å². The smallest absolute Gasteiger partial charge is 0.245 e. The lowest BCUT2D eigenvalue weighted by atomic mass is 10.1. The Kier molecular flexibility index (Phi) is 14.2. The minimum atomic E-state index is -0.661. The van der Waals surface area contributed by atoms with Crippen LogP contribution in [-0.4, -0.2) is 122 Å². The number of hydrogen-bond donors (Lipinski definition) is 2. The van der Waals surface area contributed by atoms with Crippen LogP contribution in [0.25, 0.3) is 0 Å². The molecule has 1 unspecified atom stereocenters. The van der Waals surface area contributed by atoms with E-state index in [9.17, 15) is 14.4 Å². The summed E-state index contributed by atoms with van der Waals surface area (Å²) >= 11 is 0. The van der Waals surface area contributed by atoms with E-state index >= 15 is 0 Å². The van der Waals surface area contributed by atoms with E-state index in [1.165, 1.54) is 4.90 Å². The van der Waals surface area contributed by atoms with Gasteiger partial charge in [0.05, 0.1) is 6.61 Å². The second kappa shape index (κ2) is 16.0. The first-order valence-corrected chi connectivity index (χ1v) is 12.2. The maximum absolute atomic E-state index is 13.1.